The molecule has 134 valence electrons. The van der Waals surface area contributed by atoms with E-state index in [4.69, 9.17) is 4.42 Å². The van der Waals surface area contributed by atoms with Crippen molar-refractivity contribution in [2.45, 2.75) is 25.4 Å². The Morgan fingerprint density at radius 2 is 2.08 bits per heavy atom. The number of carbonyl (C=O) groups excluding carboxylic acids is 1. The van der Waals surface area contributed by atoms with E-state index >= 15 is 0 Å². The molecular weight excluding hydrogens is 345 g/mol. The van der Waals surface area contributed by atoms with Crippen LogP contribution in [-0.4, -0.2) is 5.91 Å². The van der Waals surface area contributed by atoms with Gasteiger partial charge in [0.25, 0.3) is 5.91 Å². The number of furan rings is 1. The molecular formula is C19H15F3N2O2. The number of rotatable bonds is 4. The van der Waals surface area contributed by atoms with E-state index in [1.54, 1.807) is 18.2 Å². The topological polar surface area (TPSA) is 66.0 Å². The van der Waals surface area contributed by atoms with Crippen molar-refractivity contribution < 1.29 is 22.4 Å². The van der Waals surface area contributed by atoms with Gasteiger partial charge in [-0.15, -0.1) is 0 Å². The SMILES string of the molecule is C[C@H]1C[C@@H]1c1ccc(/C=C(\C#N)C(=O)Nc2cccc(C(F)(F)F)c2)o1. The van der Waals surface area contributed by atoms with Gasteiger partial charge < -0.3 is 9.73 Å². The quantitative estimate of drug-likeness (QED) is 0.618. The summed E-state index contributed by atoms with van der Waals surface area (Å²) in [4.78, 5) is 12.2. The molecule has 4 nitrogen and oxygen atoms in total. The maximum Gasteiger partial charge on any atom is 0.416 e. The lowest BCUT2D eigenvalue weighted by Crippen LogP contribution is -2.14. The van der Waals surface area contributed by atoms with Crippen LogP contribution < -0.4 is 5.32 Å². The molecule has 1 fully saturated rings. The van der Waals surface area contributed by atoms with Gasteiger partial charge in [0.05, 0.1) is 5.56 Å². The van der Waals surface area contributed by atoms with Gasteiger partial charge >= 0.3 is 6.18 Å². The summed E-state index contributed by atoms with van der Waals surface area (Å²) in [5.41, 5.74) is -1.18. The normalized spacial score (nSPS) is 19.7. The highest BCUT2D eigenvalue weighted by atomic mass is 19.4. The average molecular weight is 360 g/mol. The number of carbonyl (C=O) groups is 1. The number of alkyl halides is 3. The van der Waals surface area contributed by atoms with Crippen molar-refractivity contribution in [3.8, 4) is 6.07 Å². The first-order chi connectivity index (χ1) is 12.3. The van der Waals surface area contributed by atoms with E-state index in [9.17, 15) is 23.2 Å². The van der Waals surface area contributed by atoms with Gasteiger partial charge in [0, 0.05) is 17.7 Å². The summed E-state index contributed by atoms with van der Waals surface area (Å²) in [6.07, 6.45) is -2.20. The van der Waals surface area contributed by atoms with Crippen molar-refractivity contribution in [1.82, 2.24) is 0 Å². The summed E-state index contributed by atoms with van der Waals surface area (Å²) in [6.45, 7) is 2.10. The lowest BCUT2D eigenvalue weighted by Gasteiger charge is -2.09. The fourth-order valence-electron chi connectivity index (χ4n) is 2.63. The molecule has 1 amide bonds. The van der Waals surface area contributed by atoms with Crippen LogP contribution in [0.1, 0.15) is 36.3 Å². The highest BCUT2D eigenvalue weighted by Crippen LogP contribution is 2.47. The van der Waals surface area contributed by atoms with Crippen LogP contribution in [0.5, 0.6) is 0 Å². The molecule has 1 aromatic heterocycles. The first-order valence-corrected chi connectivity index (χ1v) is 7.98. The lowest BCUT2D eigenvalue weighted by atomic mass is 10.1. The molecule has 1 aliphatic carbocycles. The lowest BCUT2D eigenvalue weighted by molar-refractivity contribution is -0.137. The fourth-order valence-corrected chi connectivity index (χ4v) is 2.63. The van der Waals surface area contributed by atoms with E-state index in [1.807, 2.05) is 0 Å². The van der Waals surface area contributed by atoms with Gasteiger partial charge in [0.15, 0.2) is 0 Å². The third-order valence-corrected chi connectivity index (χ3v) is 4.22. The van der Waals surface area contributed by atoms with Crippen molar-refractivity contribution in [1.29, 1.82) is 5.26 Å². The molecule has 2 aromatic rings. The van der Waals surface area contributed by atoms with Crippen LogP contribution in [0.3, 0.4) is 0 Å². The molecule has 0 saturated heterocycles. The first kappa shape index (κ1) is 17.8. The molecule has 1 aliphatic rings. The molecule has 1 aromatic carbocycles. The third kappa shape index (κ3) is 3.97. The second kappa shape index (κ2) is 6.71. The molecule has 0 unspecified atom stereocenters. The summed E-state index contributed by atoms with van der Waals surface area (Å²) in [5.74, 6) is 1.28. The van der Waals surface area contributed by atoms with Crippen LogP contribution in [0.2, 0.25) is 0 Å². The van der Waals surface area contributed by atoms with Gasteiger partial charge in [-0.3, -0.25) is 4.79 Å². The third-order valence-electron chi connectivity index (χ3n) is 4.22. The van der Waals surface area contributed by atoms with Crippen molar-refractivity contribution >= 4 is 17.7 Å². The van der Waals surface area contributed by atoms with E-state index in [0.717, 1.165) is 24.3 Å². The minimum Gasteiger partial charge on any atom is -0.461 e. The monoisotopic (exact) mass is 360 g/mol. The number of halogens is 3. The molecule has 1 heterocycles. The van der Waals surface area contributed by atoms with Gasteiger partial charge in [0.1, 0.15) is 23.2 Å². The highest BCUT2D eigenvalue weighted by molar-refractivity contribution is 6.09. The number of hydrogen-bond acceptors (Lipinski definition) is 3. The Bertz CT molecular complexity index is 906. The van der Waals surface area contributed by atoms with Crippen LogP contribution in [-0.2, 0) is 11.0 Å². The van der Waals surface area contributed by atoms with Crippen LogP contribution in [0.4, 0.5) is 18.9 Å². The van der Waals surface area contributed by atoms with Crippen molar-refractivity contribution in [3.05, 3.63) is 59.1 Å². The Morgan fingerprint density at radius 1 is 1.35 bits per heavy atom. The van der Waals surface area contributed by atoms with Gasteiger partial charge in [-0.2, -0.15) is 18.4 Å². The molecule has 1 N–H and O–H groups in total. The van der Waals surface area contributed by atoms with E-state index in [2.05, 4.69) is 12.2 Å². The Balaban J connectivity index is 1.75. The molecule has 0 spiro atoms. The summed E-state index contributed by atoms with van der Waals surface area (Å²) in [6, 6.07) is 9.43. The number of nitriles is 1. The molecule has 7 heteroatoms. The minimum atomic E-state index is -4.51. The zero-order valence-corrected chi connectivity index (χ0v) is 13.8. The Labute approximate surface area is 147 Å². The van der Waals surface area contributed by atoms with Crippen molar-refractivity contribution in [2.24, 2.45) is 5.92 Å². The minimum absolute atomic E-state index is 0.0436. The van der Waals surface area contributed by atoms with Gasteiger partial charge in [-0.25, -0.2) is 0 Å². The molecule has 26 heavy (non-hydrogen) atoms. The van der Waals surface area contributed by atoms with E-state index in [1.165, 1.54) is 18.2 Å². The van der Waals surface area contributed by atoms with Crippen LogP contribution in [0.25, 0.3) is 6.08 Å². The van der Waals surface area contributed by atoms with E-state index < -0.39 is 17.6 Å². The molecule has 2 atom stereocenters. The van der Waals surface area contributed by atoms with Crippen molar-refractivity contribution in [2.75, 3.05) is 5.32 Å². The number of amides is 1. The summed E-state index contributed by atoms with van der Waals surface area (Å²) in [7, 11) is 0. The maximum atomic E-state index is 12.7. The standard InChI is InChI=1S/C19H15F3N2O2/c1-11-7-16(11)17-6-5-15(26-17)8-12(10-23)18(25)24-14-4-2-3-13(9-14)19(20,21)22/h2-6,8-9,11,16H,7H2,1H3,(H,24,25)/b12-8+/t11-,16-/m0/s1. The van der Waals surface area contributed by atoms with Gasteiger partial charge in [-0.1, -0.05) is 13.0 Å². The van der Waals surface area contributed by atoms with Crippen LogP contribution in [0.15, 0.2) is 46.4 Å². The summed E-state index contributed by atoms with van der Waals surface area (Å²) >= 11 is 0. The second-order valence-electron chi connectivity index (χ2n) is 6.26. The number of nitrogens with one attached hydrogen (secondary N) is 1. The molecule has 0 radical (unpaired) electrons. The predicted molar refractivity (Wildman–Crippen MR) is 88.9 cm³/mol. The molecule has 0 aliphatic heterocycles. The zero-order chi connectivity index (χ0) is 18.9. The second-order valence-corrected chi connectivity index (χ2v) is 6.26. The smallest absolute Gasteiger partial charge is 0.416 e. The first-order valence-electron chi connectivity index (χ1n) is 7.98. The number of benzene rings is 1. The summed E-state index contributed by atoms with van der Waals surface area (Å²) < 4.78 is 43.8. The van der Waals surface area contributed by atoms with Gasteiger partial charge in [0.2, 0.25) is 0 Å². The molecule has 1 saturated carbocycles. The number of anilines is 1. The zero-order valence-electron chi connectivity index (χ0n) is 13.8. The Morgan fingerprint density at radius 3 is 2.69 bits per heavy atom. The largest absolute Gasteiger partial charge is 0.461 e. The Hall–Kier alpha value is -3.01. The van der Waals surface area contributed by atoms with E-state index in [0.29, 0.717) is 17.6 Å². The number of nitrogens with zero attached hydrogens (tertiary/aromatic N) is 1. The average Bonchev–Trinajstić information content (AvgIpc) is 3.14. The Kier molecular flexibility index (Phi) is 4.60. The van der Waals surface area contributed by atoms with Crippen LogP contribution >= 0.6 is 0 Å². The fraction of sp³-hybridized carbons (Fsp3) is 0.263. The summed E-state index contributed by atoms with van der Waals surface area (Å²) in [5, 5.41) is 11.5. The van der Waals surface area contributed by atoms with Crippen LogP contribution in [0, 0.1) is 17.2 Å². The predicted octanol–water partition coefficient (Wildman–Crippen LogP) is 4.97. The molecule has 3 rings (SSSR count). The molecule has 0 bridgehead atoms. The van der Waals surface area contributed by atoms with Crippen molar-refractivity contribution in [3.63, 3.8) is 0 Å². The van der Waals surface area contributed by atoms with E-state index in [-0.39, 0.29) is 11.3 Å². The van der Waals surface area contributed by atoms with Gasteiger partial charge in [-0.05, 0) is 42.7 Å². The highest BCUT2D eigenvalue weighted by Gasteiger charge is 2.36. The maximum absolute atomic E-state index is 12.7. The number of hydrogen-bond donors (Lipinski definition) is 1.